The molecule has 2 heteroatoms. The number of halogens is 1. The van der Waals surface area contributed by atoms with E-state index in [4.69, 9.17) is 11.6 Å². The van der Waals surface area contributed by atoms with Gasteiger partial charge in [0.15, 0.2) is 5.78 Å². The van der Waals surface area contributed by atoms with Crippen LogP contribution in [0.3, 0.4) is 0 Å². The van der Waals surface area contributed by atoms with Crippen LogP contribution in [-0.2, 0) is 6.42 Å². The summed E-state index contributed by atoms with van der Waals surface area (Å²) in [4.78, 5) is 13.5. The molecule has 1 aliphatic carbocycles. The molecule has 0 bridgehead atoms. The molecule has 0 aliphatic heterocycles. The summed E-state index contributed by atoms with van der Waals surface area (Å²) in [5.41, 5.74) is 6.59. The highest BCUT2D eigenvalue weighted by Crippen LogP contribution is 2.45. The quantitative estimate of drug-likeness (QED) is 0.411. The molecule has 0 heterocycles. The fourth-order valence-electron chi connectivity index (χ4n) is 4.40. The average Bonchev–Trinajstić information content (AvgIpc) is 3.19. The van der Waals surface area contributed by atoms with Gasteiger partial charge >= 0.3 is 0 Å². The highest BCUT2D eigenvalue weighted by atomic mass is 35.5. The molecule has 0 saturated heterocycles. The molecule has 1 aliphatic rings. The van der Waals surface area contributed by atoms with Crippen LogP contribution in [0.4, 0.5) is 0 Å². The number of Topliss-reactive ketones (excluding diaryl/α,β-unsaturated/α-hetero) is 1. The molecule has 4 rings (SSSR count). The van der Waals surface area contributed by atoms with Gasteiger partial charge in [-0.1, -0.05) is 84.8 Å². The SMILES string of the molecule is CCc1ccccc1C1CC(c2ccc(Cl)cc2)C=C1C(=O)c1cccc(C)c1. The molecule has 29 heavy (non-hydrogen) atoms. The zero-order valence-electron chi connectivity index (χ0n) is 16.9. The van der Waals surface area contributed by atoms with Crippen LogP contribution in [-0.4, -0.2) is 5.78 Å². The maximum atomic E-state index is 13.5. The summed E-state index contributed by atoms with van der Waals surface area (Å²) in [6.45, 7) is 4.20. The minimum absolute atomic E-state index is 0.111. The molecule has 0 spiro atoms. The summed E-state index contributed by atoms with van der Waals surface area (Å²) < 4.78 is 0. The lowest BCUT2D eigenvalue weighted by atomic mass is 9.84. The normalized spacial score (nSPS) is 18.5. The standard InChI is InChI=1S/C27H25ClO/c1-3-19-8-4-5-10-24(19)25-16-22(20-11-13-23(28)14-12-20)17-26(25)27(29)21-9-6-7-18(2)15-21/h4-15,17,22,25H,3,16H2,1-2H3. The molecule has 3 aromatic rings. The van der Waals surface area contributed by atoms with Gasteiger partial charge in [-0.15, -0.1) is 0 Å². The summed E-state index contributed by atoms with van der Waals surface area (Å²) >= 11 is 6.09. The van der Waals surface area contributed by atoms with E-state index in [-0.39, 0.29) is 17.6 Å². The number of ketones is 1. The lowest BCUT2D eigenvalue weighted by Gasteiger charge is -2.19. The predicted molar refractivity (Wildman–Crippen MR) is 121 cm³/mol. The Labute approximate surface area is 178 Å². The molecular formula is C27H25ClO. The Morgan fingerprint density at radius 1 is 1.00 bits per heavy atom. The third kappa shape index (κ3) is 4.06. The van der Waals surface area contributed by atoms with Crippen LogP contribution >= 0.6 is 11.6 Å². The fraction of sp³-hybridized carbons (Fsp3) is 0.222. The number of hydrogen-bond donors (Lipinski definition) is 0. The summed E-state index contributed by atoms with van der Waals surface area (Å²) in [7, 11) is 0. The van der Waals surface area contributed by atoms with Gasteiger partial charge in [0.05, 0.1) is 0 Å². The largest absolute Gasteiger partial charge is 0.289 e. The van der Waals surface area contributed by atoms with Crippen molar-refractivity contribution in [2.45, 2.75) is 38.5 Å². The number of aryl methyl sites for hydroxylation is 2. The van der Waals surface area contributed by atoms with Gasteiger partial charge in [-0.25, -0.2) is 0 Å². The number of hydrogen-bond acceptors (Lipinski definition) is 1. The van der Waals surface area contributed by atoms with Gasteiger partial charge in [-0.05, 0) is 54.7 Å². The second-order valence-electron chi connectivity index (χ2n) is 7.82. The predicted octanol–water partition coefficient (Wildman–Crippen LogP) is 7.29. The number of rotatable bonds is 5. The first kappa shape index (κ1) is 19.7. The summed E-state index contributed by atoms with van der Waals surface area (Å²) in [6.07, 6.45) is 4.06. The van der Waals surface area contributed by atoms with Crippen molar-refractivity contribution in [1.29, 1.82) is 0 Å². The van der Waals surface area contributed by atoms with Crippen LogP contribution in [0, 0.1) is 6.92 Å². The van der Waals surface area contributed by atoms with Gasteiger partial charge in [0.1, 0.15) is 0 Å². The third-order valence-electron chi connectivity index (χ3n) is 5.90. The van der Waals surface area contributed by atoms with E-state index < -0.39 is 0 Å². The van der Waals surface area contributed by atoms with Gasteiger partial charge in [-0.3, -0.25) is 4.79 Å². The molecule has 0 aromatic heterocycles. The lowest BCUT2D eigenvalue weighted by molar-refractivity contribution is 0.102. The second-order valence-corrected chi connectivity index (χ2v) is 8.26. The van der Waals surface area contributed by atoms with E-state index in [9.17, 15) is 4.79 Å². The maximum absolute atomic E-state index is 13.5. The fourth-order valence-corrected chi connectivity index (χ4v) is 4.53. The molecule has 2 unspecified atom stereocenters. The van der Waals surface area contributed by atoms with Gasteiger partial charge in [0.2, 0.25) is 0 Å². The summed E-state index contributed by atoms with van der Waals surface area (Å²) in [5.74, 6) is 0.465. The Morgan fingerprint density at radius 2 is 1.76 bits per heavy atom. The van der Waals surface area contributed by atoms with E-state index in [2.05, 4.69) is 49.4 Å². The topological polar surface area (TPSA) is 17.1 Å². The number of carbonyl (C=O) groups is 1. The van der Waals surface area contributed by atoms with E-state index in [1.54, 1.807) is 0 Å². The molecule has 0 saturated carbocycles. The molecule has 1 nitrogen and oxygen atoms in total. The monoisotopic (exact) mass is 400 g/mol. The zero-order valence-corrected chi connectivity index (χ0v) is 17.6. The highest BCUT2D eigenvalue weighted by Gasteiger charge is 2.33. The van der Waals surface area contributed by atoms with Crippen molar-refractivity contribution in [3.05, 3.63) is 117 Å². The van der Waals surface area contributed by atoms with Crippen molar-refractivity contribution in [3.63, 3.8) is 0 Å². The Hall–Kier alpha value is -2.64. The Morgan fingerprint density at radius 3 is 2.48 bits per heavy atom. The molecule has 0 N–H and O–H groups in total. The maximum Gasteiger partial charge on any atom is 0.189 e. The summed E-state index contributed by atoms with van der Waals surface area (Å²) in [5, 5.41) is 0.736. The third-order valence-corrected chi connectivity index (χ3v) is 6.15. The van der Waals surface area contributed by atoms with Gasteiger partial charge in [0, 0.05) is 28.0 Å². The van der Waals surface area contributed by atoms with Crippen LogP contribution in [0.5, 0.6) is 0 Å². The number of benzene rings is 3. The van der Waals surface area contributed by atoms with Crippen LogP contribution < -0.4 is 0 Å². The van der Waals surface area contributed by atoms with E-state index in [0.29, 0.717) is 0 Å². The summed E-state index contributed by atoms with van der Waals surface area (Å²) in [6, 6.07) is 24.4. The molecule has 146 valence electrons. The smallest absolute Gasteiger partial charge is 0.189 e. The van der Waals surface area contributed by atoms with E-state index in [1.807, 2.05) is 43.3 Å². The van der Waals surface area contributed by atoms with Crippen molar-refractivity contribution in [3.8, 4) is 0 Å². The van der Waals surface area contributed by atoms with Crippen molar-refractivity contribution in [2.75, 3.05) is 0 Å². The Kier molecular flexibility index (Phi) is 5.69. The molecule has 0 radical (unpaired) electrons. The molecule has 2 atom stereocenters. The first-order chi connectivity index (χ1) is 14.1. The number of allylic oxidation sites excluding steroid dienone is 2. The van der Waals surface area contributed by atoms with Crippen molar-refractivity contribution >= 4 is 17.4 Å². The Balaban J connectivity index is 1.78. The minimum Gasteiger partial charge on any atom is -0.289 e. The van der Waals surface area contributed by atoms with E-state index >= 15 is 0 Å². The van der Waals surface area contributed by atoms with E-state index in [1.165, 1.54) is 16.7 Å². The minimum atomic E-state index is 0.111. The molecule has 3 aromatic carbocycles. The van der Waals surface area contributed by atoms with Crippen LogP contribution in [0.15, 0.2) is 84.4 Å². The van der Waals surface area contributed by atoms with Crippen LogP contribution in [0.25, 0.3) is 0 Å². The average molecular weight is 401 g/mol. The zero-order chi connectivity index (χ0) is 20.4. The first-order valence-electron chi connectivity index (χ1n) is 10.2. The van der Waals surface area contributed by atoms with Crippen LogP contribution in [0.1, 0.15) is 57.8 Å². The van der Waals surface area contributed by atoms with Gasteiger partial charge in [-0.2, -0.15) is 0 Å². The number of carbonyl (C=O) groups excluding carboxylic acids is 1. The van der Waals surface area contributed by atoms with Crippen LogP contribution in [0.2, 0.25) is 5.02 Å². The van der Waals surface area contributed by atoms with Crippen molar-refractivity contribution in [1.82, 2.24) is 0 Å². The first-order valence-corrected chi connectivity index (χ1v) is 10.6. The lowest BCUT2D eigenvalue weighted by Crippen LogP contribution is -2.11. The second kappa shape index (κ2) is 8.39. The van der Waals surface area contributed by atoms with E-state index in [0.717, 1.165) is 34.6 Å². The molecule has 0 fully saturated rings. The molecule has 0 amide bonds. The van der Waals surface area contributed by atoms with Crippen molar-refractivity contribution < 1.29 is 4.79 Å². The van der Waals surface area contributed by atoms with Gasteiger partial charge < -0.3 is 0 Å². The molecular weight excluding hydrogens is 376 g/mol. The van der Waals surface area contributed by atoms with Gasteiger partial charge in [0.25, 0.3) is 0 Å². The van der Waals surface area contributed by atoms with Crippen molar-refractivity contribution in [2.24, 2.45) is 0 Å². The Bertz CT molecular complexity index is 1060. The highest BCUT2D eigenvalue weighted by molar-refractivity contribution is 6.30.